The van der Waals surface area contributed by atoms with E-state index in [-0.39, 0.29) is 0 Å². The molecule has 0 saturated heterocycles. The van der Waals surface area contributed by atoms with Gasteiger partial charge in [-0.15, -0.1) is 0 Å². The first-order valence-corrected chi connectivity index (χ1v) is 7.48. The average Bonchev–Trinajstić information content (AvgIpc) is 2.84. The molecule has 3 heteroatoms. The van der Waals surface area contributed by atoms with Gasteiger partial charge in [-0.1, -0.05) is 41.4 Å². The minimum atomic E-state index is 0.662. The Labute approximate surface area is 135 Å². The molecule has 1 aromatic heterocycles. The minimum Gasteiger partial charge on any atom is -0.497 e. The minimum absolute atomic E-state index is 0.662. The number of hydrogen-bond acceptors (Lipinski definition) is 2. The lowest BCUT2D eigenvalue weighted by molar-refractivity contribution is 0.415. The maximum atomic E-state index is 6.48. The Bertz CT molecular complexity index is 784. The van der Waals surface area contributed by atoms with E-state index in [0.717, 1.165) is 28.2 Å². The third-order valence-corrected chi connectivity index (χ3v) is 4.19. The van der Waals surface area contributed by atoms with E-state index in [1.54, 1.807) is 7.11 Å². The molecule has 0 saturated carbocycles. The van der Waals surface area contributed by atoms with Gasteiger partial charge in [-0.25, -0.2) is 0 Å². The predicted octanol–water partition coefficient (Wildman–Crippen LogP) is 5.89. The van der Waals surface area contributed by atoms with Crippen LogP contribution in [0.3, 0.4) is 0 Å². The number of furan rings is 1. The molecule has 3 aromatic rings. The van der Waals surface area contributed by atoms with Crippen molar-refractivity contribution in [1.29, 1.82) is 0 Å². The van der Waals surface area contributed by atoms with Crippen molar-refractivity contribution in [2.24, 2.45) is 0 Å². The van der Waals surface area contributed by atoms with Gasteiger partial charge in [-0.05, 0) is 38.1 Å². The monoisotopic (exact) mass is 312 g/mol. The Morgan fingerprint density at radius 1 is 0.818 bits per heavy atom. The summed E-state index contributed by atoms with van der Waals surface area (Å²) in [4.78, 5) is 0. The van der Waals surface area contributed by atoms with Crippen LogP contribution in [0.15, 0.2) is 52.9 Å². The van der Waals surface area contributed by atoms with Gasteiger partial charge in [0.15, 0.2) is 5.76 Å². The smallest absolute Gasteiger partial charge is 0.153 e. The number of hydrogen-bond donors (Lipinski definition) is 0. The van der Waals surface area contributed by atoms with Gasteiger partial charge < -0.3 is 9.15 Å². The van der Waals surface area contributed by atoms with Crippen molar-refractivity contribution in [3.05, 3.63) is 64.7 Å². The van der Waals surface area contributed by atoms with Crippen LogP contribution in [-0.4, -0.2) is 7.11 Å². The molecule has 0 aliphatic heterocycles. The van der Waals surface area contributed by atoms with Crippen molar-refractivity contribution in [1.82, 2.24) is 0 Å². The Hall–Kier alpha value is -2.19. The van der Waals surface area contributed by atoms with Gasteiger partial charge in [0.1, 0.15) is 11.5 Å². The summed E-state index contributed by atoms with van der Waals surface area (Å²) >= 11 is 6.48. The first-order chi connectivity index (χ1) is 10.6. The maximum Gasteiger partial charge on any atom is 0.153 e. The van der Waals surface area contributed by atoms with Crippen molar-refractivity contribution in [3.63, 3.8) is 0 Å². The molecule has 3 rings (SSSR count). The molecule has 2 aromatic carbocycles. The Kier molecular flexibility index (Phi) is 3.95. The number of aryl methyl sites for hydroxylation is 1. The van der Waals surface area contributed by atoms with E-state index < -0.39 is 0 Å². The van der Waals surface area contributed by atoms with E-state index in [9.17, 15) is 0 Å². The zero-order valence-electron chi connectivity index (χ0n) is 12.8. The van der Waals surface area contributed by atoms with Gasteiger partial charge in [0.05, 0.1) is 12.1 Å². The second-order valence-corrected chi connectivity index (χ2v) is 5.67. The first-order valence-electron chi connectivity index (χ1n) is 7.10. The van der Waals surface area contributed by atoms with E-state index in [2.05, 4.69) is 19.1 Å². The van der Waals surface area contributed by atoms with Crippen LogP contribution in [-0.2, 0) is 0 Å². The summed E-state index contributed by atoms with van der Waals surface area (Å²) in [5, 5.41) is 0.662. The summed E-state index contributed by atoms with van der Waals surface area (Å²) < 4.78 is 11.2. The summed E-state index contributed by atoms with van der Waals surface area (Å²) in [6.07, 6.45) is 0. The fraction of sp³-hybridized carbons (Fsp3) is 0.158. The van der Waals surface area contributed by atoms with E-state index in [0.29, 0.717) is 10.8 Å². The third kappa shape index (κ3) is 2.62. The number of rotatable bonds is 3. The largest absolute Gasteiger partial charge is 0.497 e. The molecular weight excluding hydrogens is 296 g/mol. The maximum absolute atomic E-state index is 6.48. The zero-order chi connectivity index (χ0) is 15.7. The molecule has 0 radical (unpaired) electrons. The Morgan fingerprint density at radius 3 is 1.95 bits per heavy atom. The first kappa shape index (κ1) is 14.7. The normalized spacial score (nSPS) is 10.7. The van der Waals surface area contributed by atoms with Gasteiger partial charge in [0.2, 0.25) is 0 Å². The molecule has 112 valence electrons. The van der Waals surface area contributed by atoms with E-state index >= 15 is 0 Å². The quantitative estimate of drug-likeness (QED) is 0.601. The van der Waals surface area contributed by atoms with E-state index in [1.165, 1.54) is 5.56 Å². The third-order valence-electron chi connectivity index (χ3n) is 3.74. The van der Waals surface area contributed by atoms with Gasteiger partial charge in [-0.3, -0.25) is 0 Å². The number of ether oxygens (including phenoxy) is 1. The number of methoxy groups -OCH3 is 1. The molecule has 0 amide bonds. The van der Waals surface area contributed by atoms with Crippen LogP contribution in [0.4, 0.5) is 0 Å². The molecule has 0 atom stereocenters. The van der Waals surface area contributed by atoms with Gasteiger partial charge >= 0.3 is 0 Å². The van der Waals surface area contributed by atoms with Crippen LogP contribution in [0.1, 0.15) is 11.1 Å². The lowest BCUT2D eigenvalue weighted by Gasteiger charge is -2.02. The molecule has 0 unspecified atom stereocenters. The summed E-state index contributed by atoms with van der Waals surface area (Å²) in [6.45, 7) is 4.03. The zero-order valence-corrected chi connectivity index (χ0v) is 13.6. The molecule has 1 heterocycles. The standard InChI is InChI=1S/C19H17ClO2/c1-12-4-6-15(7-5-12)19-17(20)13(2)18(22-19)14-8-10-16(21-3)11-9-14/h4-11H,1-3H3. The fourth-order valence-corrected chi connectivity index (χ4v) is 2.64. The van der Waals surface area contributed by atoms with Crippen molar-refractivity contribution >= 4 is 11.6 Å². The highest BCUT2D eigenvalue weighted by atomic mass is 35.5. The van der Waals surface area contributed by atoms with Crippen LogP contribution in [0.2, 0.25) is 5.02 Å². The van der Waals surface area contributed by atoms with Gasteiger partial charge in [-0.2, -0.15) is 0 Å². The van der Waals surface area contributed by atoms with Crippen LogP contribution < -0.4 is 4.74 Å². The second kappa shape index (κ2) is 5.90. The van der Waals surface area contributed by atoms with Crippen molar-refractivity contribution in [2.45, 2.75) is 13.8 Å². The van der Waals surface area contributed by atoms with E-state index in [1.807, 2.05) is 43.3 Å². The number of halogens is 1. The summed E-state index contributed by atoms with van der Waals surface area (Å²) in [7, 11) is 1.65. The molecule has 0 aliphatic carbocycles. The highest BCUT2D eigenvalue weighted by Crippen LogP contribution is 2.40. The second-order valence-electron chi connectivity index (χ2n) is 5.29. The van der Waals surface area contributed by atoms with Gasteiger partial charge in [0, 0.05) is 16.7 Å². The fourth-order valence-electron chi connectivity index (χ4n) is 2.40. The molecule has 0 aliphatic rings. The van der Waals surface area contributed by atoms with Crippen molar-refractivity contribution in [3.8, 4) is 28.4 Å². The van der Waals surface area contributed by atoms with Gasteiger partial charge in [0.25, 0.3) is 0 Å². The summed E-state index contributed by atoms with van der Waals surface area (Å²) in [5.41, 5.74) is 4.12. The van der Waals surface area contributed by atoms with Crippen LogP contribution >= 0.6 is 11.6 Å². The lowest BCUT2D eigenvalue weighted by atomic mass is 10.1. The summed E-state index contributed by atoms with van der Waals surface area (Å²) in [6, 6.07) is 15.9. The van der Waals surface area contributed by atoms with Crippen LogP contribution in [0, 0.1) is 13.8 Å². The molecule has 22 heavy (non-hydrogen) atoms. The SMILES string of the molecule is COc1ccc(-c2oc(-c3ccc(C)cc3)c(Cl)c2C)cc1. The molecule has 0 spiro atoms. The highest BCUT2D eigenvalue weighted by molar-refractivity contribution is 6.34. The van der Waals surface area contributed by atoms with E-state index in [4.69, 9.17) is 20.8 Å². The topological polar surface area (TPSA) is 22.4 Å². The lowest BCUT2D eigenvalue weighted by Crippen LogP contribution is -1.82. The molecule has 0 fully saturated rings. The van der Waals surface area contributed by atoms with Crippen molar-refractivity contribution in [2.75, 3.05) is 7.11 Å². The highest BCUT2D eigenvalue weighted by Gasteiger charge is 2.18. The molecule has 0 bridgehead atoms. The van der Waals surface area contributed by atoms with Crippen molar-refractivity contribution < 1.29 is 9.15 Å². The Balaban J connectivity index is 2.06. The molecule has 0 N–H and O–H groups in total. The van der Waals surface area contributed by atoms with Crippen LogP contribution in [0.25, 0.3) is 22.6 Å². The predicted molar refractivity (Wildman–Crippen MR) is 90.6 cm³/mol. The average molecular weight is 313 g/mol. The molecule has 2 nitrogen and oxygen atoms in total. The van der Waals surface area contributed by atoms with Crippen LogP contribution in [0.5, 0.6) is 5.75 Å². The number of benzene rings is 2. The Morgan fingerprint density at radius 2 is 1.36 bits per heavy atom. The summed E-state index contributed by atoms with van der Waals surface area (Å²) in [5.74, 6) is 2.33. The molecular formula is C19H17ClO2.